The molecule has 2 fully saturated rings. The second-order valence-electron chi connectivity index (χ2n) is 6.70. The van der Waals surface area contributed by atoms with Crippen molar-refractivity contribution in [2.24, 2.45) is 5.92 Å². The standard InChI is InChI=1S/C15H27N3O3/c1-11-10-12(13(19)20)4-7-18(11)14(21)15(2,3)17-8-5-16-6-9-17/h11-12,16H,4-10H2,1-3H3,(H,19,20). The van der Waals surface area contributed by atoms with Gasteiger partial charge < -0.3 is 15.3 Å². The fourth-order valence-corrected chi connectivity index (χ4v) is 3.41. The van der Waals surface area contributed by atoms with Gasteiger partial charge in [0.1, 0.15) is 0 Å². The number of hydrogen-bond acceptors (Lipinski definition) is 4. The molecule has 2 unspecified atom stereocenters. The molecule has 0 saturated carbocycles. The van der Waals surface area contributed by atoms with Gasteiger partial charge in [0.15, 0.2) is 0 Å². The van der Waals surface area contributed by atoms with Crippen LogP contribution in [0.1, 0.15) is 33.6 Å². The third-order valence-corrected chi connectivity index (χ3v) is 4.92. The number of aliphatic carboxylic acids is 1. The molecule has 0 bridgehead atoms. The maximum absolute atomic E-state index is 12.9. The highest BCUT2D eigenvalue weighted by atomic mass is 16.4. The van der Waals surface area contributed by atoms with Gasteiger partial charge in [-0.1, -0.05) is 0 Å². The Morgan fingerprint density at radius 2 is 1.81 bits per heavy atom. The van der Waals surface area contributed by atoms with E-state index in [1.807, 2.05) is 25.7 Å². The fourth-order valence-electron chi connectivity index (χ4n) is 3.41. The van der Waals surface area contributed by atoms with Gasteiger partial charge in [-0.05, 0) is 33.6 Å². The number of carbonyl (C=O) groups is 2. The van der Waals surface area contributed by atoms with Crippen molar-refractivity contribution in [3.8, 4) is 0 Å². The van der Waals surface area contributed by atoms with Gasteiger partial charge in [0.2, 0.25) is 5.91 Å². The Hall–Kier alpha value is -1.14. The first-order chi connectivity index (χ1) is 9.84. The lowest BCUT2D eigenvalue weighted by Gasteiger charge is -2.45. The van der Waals surface area contributed by atoms with Crippen molar-refractivity contribution in [2.75, 3.05) is 32.7 Å². The van der Waals surface area contributed by atoms with E-state index < -0.39 is 11.5 Å². The monoisotopic (exact) mass is 297 g/mol. The molecule has 0 spiro atoms. The Labute approximate surface area is 126 Å². The molecular weight excluding hydrogens is 270 g/mol. The van der Waals surface area contributed by atoms with Crippen molar-refractivity contribution < 1.29 is 14.7 Å². The molecule has 0 aromatic rings. The van der Waals surface area contributed by atoms with Crippen molar-refractivity contribution in [2.45, 2.75) is 45.2 Å². The number of rotatable bonds is 3. The number of carboxylic acids is 1. The van der Waals surface area contributed by atoms with E-state index in [1.54, 1.807) is 0 Å². The highest BCUT2D eigenvalue weighted by molar-refractivity contribution is 5.86. The van der Waals surface area contributed by atoms with Gasteiger partial charge in [-0.2, -0.15) is 0 Å². The largest absolute Gasteiger partial charge is 0.481 e. The van der Waals surface area contributed by atoms with Crippen molar-refractivity contribution >= 4 is 11.9 Å². The fraction of sp³-hybridized carbons (Fsp3) is 0.867. The van der Waals surface area contributed by atoms with E-state index >= 15 is 0 Å². The minimum atomic E-state index is -0.740. The van der Waals surface area contributed by atoms with Crippen LogP contribution in [0.25, 0.3) is 0 Å². The first-order valence-corrected chi connectivity index (χ1v) is 7.83. The topological polar surface area (TPSA) is 72.9 Å². The van der Waals surface area contributed by atoms with Crippen molar-refractivity contribution in [3.63, 3.8) is 0 Å². The number of piperidine rings is 1. The van der Waals surface area contributed by atoms with Crippen LogP contribution in [0.15, 0.2) is 0 Å². The zero-order valence-corrected chi connectivity index (χ0v) is 13.3. The highest BCUT2D eigenvalue weighted by Crippen LogP contribution is 2.27. The molecular formula is C15H27N3O3. The van der Waals surface area contributed by atoms with Gasteiger partial charge in [0.25, 0.3) is 0 Å². The van der Waals surface area contributed by atoms with Crippen molar-refractivity contribution in [1.29, 1.82) is 0 Å². The van der Waals surface area contributed by atoms with Crippen LogP contribution in [-0.2, 0) is 9.59 Å². The average Bonchev–Trinajstić information content (AvgIpc) is 2.47. The van der Waals surface area contributed by atoms with Gasteiger partial charge in [-0.3, -0.25) is 14.5 Å². The molecule has 0 aromatic carbocycles. The van der Waals surface area contributed by atoms with E-state index in [1.165, 1.54) is 0 Å². The van der Waals surface area contributed by atoms with Gasteiger partial charge in [0, 0.05) is 38.8 Å². The second-order valence-corrected chi connectivity index (χ2v) is 6.70. The average molecular weight is 297 g/mol. The normalized spacial score (nSPS) is 28.4. The number of carbonyl (C=O) groups excluding carboxylic acids is 1. The van der Waals surface area contributed by atoms with Gasteiger partial charge in [0.05, 0.1) is 11.5 Å². The molecule has 0 aromatic heterocycles. The maximum atomic E-state index is 12.9. The number of nitrogens with one attached hydrogen (secondary N) is 1. The molecule has 120 valence electrons. The summed E-state index contributed by atoms with van der Waals surface area (Å²) >= 11 is 0. The summed E-state index contributed by atoms with van der Waals surface area (Å²) in [4.78, 5) is 28.1. The van der Waals surface area contributed by atoms with Crippen LogP contribution >= 0.6 is 0 Å². The van der Waals surface area contributed by atoms with Gasteiger partial charge in [-0.25, -0.2) is 0 Å². The maximum Gasteiger partial charge on any atom is 0.306 e. The number of nitrogens with zero attached hydrogens (tertiary/aromatic N) is 2. The van der Waals surface area contributed by atoms with Crippen LogP contribution in [0.5, 0.6) is 0 Å². The van der Waals surface area contributed by atoms with E-state index in [4.69, 9.17) is 5.11 Å². The zero-order chi connectivity index (χ0) is 15.6. The van der Waals surface area contributed by atoms with E-state index in [-0.39, 0.29) is 17.9 Å². The van der Waals surface area contributed by atoms with Crippen LogP contribution in [0, 0.1) is 5.92 Å². The summed E-state index contributed by atoms with van der Waals surface area (Å²) in [6.07, 6.45) is 1.11. The first kappa shape index (κ1) is 16.2. The van der Waals surface area contributed by atoms with Crippen molar-refractivity contribution in [3.05, 3.63) is 0 Å². The number of carboxylic acid groups (broad SMARTS) is 1. The SMILES string of the molecule is CC1CC(C(=O)O)CCN1C(=O)C(C)(C)N1CCNCC1. The molecule has 2 saturated heterocycles. The Kier molecular flexibility index (Phi) is 4.88. The number of amides is 1. The van der Waals surface area contributed by atoms with E-state index in [0.717, 1.165) is 26.2 Å². The van der Waals surface area contributed by atoms with E-state index in [2.05, 4.69) is 10.2 Å². The molecule has 2 aliphatic heterocycles. The summed E-state index contributed by atoms with van der Waals surface area (Å²) in [5, 5.41) is 12.4. The predicted molar refractivity (Wildman–Crippen MR) is 80.1 cm³/mol. The molecule has 1 amide bonds. The summed E-state index contributed by atoms with van der Waals surface area (Å²) in [7, 11) is 0. The third kappa shape index (κ3) is 3.37. The molecule has 6 nitrogen and oxygen atoms in total. The lowest BCUT2D eigenvalue weighted by molar-refractivity contribution is -0.152. The van der Waals surface area contributed by atoms with Crippen LogP contribution in [0.2, 0.25) is 0 Å². The summed E-state index contributed by atoms with van der Waals surface area (Å²) in [6.45, 7) is 10.0. The molecule has 0 aliphatic carbocycles. The number of piperazine rings is 1. The molecule has 2 heterocycles. The summed E-state index contributed by atoms with van der Waals surface area (Å²) in [5.41, 5.74) is -0.521. The Balaban J connectivity index is 2.03. The molecule has 6 heteroatoms. The molecule has 2 rings (SSSR count). The minimum Gasteiger partial charge on any atom is -0.481 e. The van der Waals surface area contributed by atoms with E-state index in [9.17, 15) is 9.59 Å². The third-order valence-electron chi connectivity index (χ3n) is 4.92. The second kappa shape index (κ2) is 6.32. The molecule has 2 aliphatic rings. The molecule has 2 N–H and O–H groups in total. The van der Waals surface area contributed by atoms with Gasteiger partial charge >= 0.3 is 5.97 Å². The highest BCUT2D eigenvalue weighted by Gasteiger charge is 2.41. The van der Waals surface area contributed by atoms with Crippen LogP contribution in [-0.4, -0.2) is 71.1 Å². The quantitative estimate of drug-likeness (QED) is 0.788. The summed E-state index contributed by atoms with van der Waals surface area (Å²) in [5.74, 6) is -0.928. The lowest BCUT2D eigenvalue weighted by Crippen LogP contribution is -2.62. The molecule has 21 heavy (non-hydrogen) atoms. The lowest BCUT2D eigenvalue weighted by atomic mass is 9.89. The Morgan fingerprint density at radius 1 is 1.19 bits per heavy atom. The molecule has 0 radical (unpaired) electrons. The van der Waals surface area contributed by atoms with Crippen LogP contribution < -0.4 is 5.32 Å². The van der Waals surface area contributed by atoms with Crippen LogP contribution in [0.4, 0.5) is 0 Å². The number of likely N-dealkylation sites (tertiary alicyclic amines) is 1. The van der Waals surface area contributed by atoms with Crippen LogP contribution in [0.3, 0.4) is 0 Å². The summed E-state index contributed by atoms with van der Waals surface area (Å²) < 4.78 is 0. The zero-order valence-electron chi connectivity index (χ0n) is 13.3. The smallest absolute Gasteiger partial charge is 0.306 e. The first-order valence-electron chi connectivity index (χ1n) is 7.83. The van der Waals surface area contributed by atoms with Gasteiger partial charge in [-0.15, -0.1) is 0 Å². The Bertz CT molecular complexity index is 405. The molecule has 2 atom stereocenters. The predicted octanol–water partition coefficient (Wildman–Crippen LogP) is 0.382. The van der Waals surface area contributed by atoms with E-state index in [0.29, 0.717) is 19.4 Å². The Morgan fingerprint density at radius 3 is 2.33 bits per heavy atom. The number of hydrogen-bond donors (Lipinski definition) is 2. The van der Waals surface area contributed by atoms with Crippen molar-refractivity contribution in [1.82, 2.24) is 15.1 Å². The summed E-state index contributed by atoms with van der Waals surface area (Å²) in [6, 6.07) is -0.00506. The minimum absolute atomic E-state index is 0.00506.